The van der Waals surface area contributed by atoms with Gasteiger partial charge in [-0.2, -0.15) is 0 Å². The van der Waals surface area contributed by atoms with Gasteiger partial charge in [0.05, 0.1) is 12.2 Å². The van der Waals surface area contributed by atoms with Crippen LogP contribution in [0.2, 0.25) is 5.02 Å². The van der Waals surface area contributed by atoms with Crippen LogP contribution in [0, 0.1) is 0 Å². The molecule has 2 rings (SSSR count). The quantitative estimate of drug-likeness (QED) is 0.770. The zero-order valence-corrected chi connectivity index (χ0v) is 15.2. The lowest BCUT2D eigenvalue weighted by Crippen LogP contribution is -2.42. The maximum absolute atomic E-state index is 12.5. The summed E-state index contributed by atoms with van der Waals surface area (Å²) in [6.45, 7) is 5.29. The topological polar surface area (TPSA) is 64.6 Å². The third kappa shape index (κ3) is 4.49. The second-order valence-corrected chi connectivity index (χ2v) is 6.76. The number of esters is 1. The van der Waals surface area contributed by atoms with Gasteiger partial charge in [0, 0.05) is 5.02 Å². The summed E-state index contributed by atoms with van der Waals surface area (Å²) in [5.41, 5.74) is -0.804. The third-order valence-corrected chi connectivity index (χ3v) is 4.20. The number of hydrogen-bond acceptors (Lipinski definition) is 5. The van der Waals surface area contributed by atoms with Crippen molar-refractivity contribution < 1.29 is 19.1 Å². The lowest BCUT2D eigenvalue weighted by Gasteiger charge is -2.25. The minimum atomic E-state index is -1.14. The van der Waals surface area contributed by atoms with Crippen molar-refractivity contribution in [3.05, 3.63) is 46.3 Å². The van der Waals surface area contributed by atoms with E-state index in [-0.39, 0.29) is 12.5 Å². The molecule has 1 aromatic heterocycles. The summed E-state index contributed by atoms with van der Waals surface area (Å²) in [5, 5.41) is 5.47. The molecule has 24 heavy (non-hydrogen) atoms. The first-order valence-electron chi connectivity index (χ1n) is 7.34. The van der Waals surface area contributed by atoms with Gasteiger partial charge < -0.3 is 14.8 Å². The molecule has 0 unspecified atom stereocenters. The monoisotopic (exact) mass is 367 g/mol. The van der Waals surface area contributed by atoms with Crippen LogP contribution in [0.3, 0.4) is 0 Å². The van der Waals surface area contributed by atoms with Gasteiger partial charge in [0.1, 0.15) is 10.8 Å². The molecule has 0 fully saturated rings. The highest BCUT2D eigenvalue weighted by molar-refractivity contribution is 7.14. The maximum Gasteiger partial charge on any atom is 0.341 e. The van der Waals surface area contributed by atoms with Gasteiger partial charge in [-0.05, 0) is 56.5 Å². The fraction of sp³-hybridized carbons (Fsp3) is 0.294. The van der Waals surface area contributed by atoms with Crippen LogP contribution in [0.4, 0.5) is 5.00 Å². The molecule has 1 amide bonds. The van der Waals surface area contributed by atoms with Crippen LogP contribution < -0.4 is 10.1 Å². The Morgan fingerprint density at radius 3 is 2.50 bits per heavy atom. The van der Waals surface area contributed by atoms with Gasteiger partial charge in [-0.3, -0.25) is 4.79 Å². The van der Waals surface area contributed by atoms with Crippen LogP contribution in [0.5, 0.6) is 5.75 Å². The SMILES string of the molecule is CCOC(=O)c1ccsc1NC(=O)C(C)(C)Oc1ccc(Cl)cc1. The molecule has 0 radical (unpaired) electrons. The van der Waals surface area contributed by atoms with E-state index in [1.165, 1.54) is 11.3 Å². The summed E-state index contributed by atoms with van der Waals surface area (Å²) in [6.07, 6.45) is 0. The van der Waals surface area contributed by atoms with Gasteiger partial charge in [0.2, 0.25) is 0 Å². The number of thiophene rings is 1. The number of ether oxygens (including phenoxy) is 2. The van der Waals surface area contributed by atoms with Gasteiger partial charge in [0.25, 0.3) is 5.91 Å². The Kier molecular flexibility index (Phi) is 5.85. The first-order valence-corrected chi connectivity index (χ1v) is 8.60. The molecule has 0 atom stereocenters. The van der Waals surface area contributed by atoms with Crippen molar-refractivity contribution in [3.63, 3.8) is 0 Å². The zero-order chi connectivity index (χ0) is 17.7. The summed E-state index contributed by atoms with van der Waals surface area (Å²) in [7, 11) is 0. The van der Waals surface area contributed by atoms with E-state index in [2.05, 4.69) is 5.32 Å². The van der Waals surface area contributed by atoms with Crippen molar-refractivity contribution in [2.24, 2.45) is 0 Å². The fourth-order valence-electron chi connectivity index (χ4n) is 1.87. The lowest BCUT2D eigenvalue weighted by atomic mass is 10.1. The molecule has 0 aliphatic heterocycles. The zero-order valence-electron chi connectivity index (χ0n) is 13.6. The molecular weight excluding hydrogens is 350 g/mol. The average molecular weight is 368 g/mol. The summed E-state index contributed by atoms with van der Waals surface area (Å²) in [5.74, 6) is -0.313. The Balaban J connectivity index is 2.09. The normalized spacial score (nSPS) is 11.0. The summed E-state index contributed by atoms with van der Waals surface area (Å²) in [6, 6.07) is 8.36. The van der Waals surface area contributed by atoms with Crippen LogP contribution in [-0.2, 0) is 9.53 Å². The van der Waals surface area contributed by atoms with Crippen molar-refractivity contribution in [2.45, 2.75) is 26.4 Å². The molecule has 0 bridgehead atoms. The largest absolute Gasteiger partial charge is 0.478 e. The smallest absolute Gasteiger partial charge is 0.341 e. The average Bonchev–Trinajstić information content (AvgIpc) is 2.98. The molecule has 1 heterocycles. The van der Waals surface area contributed by atoms with Crippen molar-refractivity contribution in [1.82, 2.24) is 0 Å². The molecule has 1 aromatic carbocycles. The minimum Gasteiger partial charge on any atom is -0.478 e. The molecule has 0 aliphatic rings. The van der Waals surface area contributed by atoms with Crippen LogP contribution in [0.1, 0.15) is 31.1 Å². The van der Waals surface area contributed by atoms with E-state index in [4.69, 9.17) is 21.1 Å². The van der Waals surface area contributed by atoms with Crippen molar-refractivity contribution in [2.75, 3.05) is 11.9 Å². The second-order valence-electron chi connectivity index (χ2n) is 5.40. The Bertz CT molecular complexity index is 724. The Labute approximate surface area is 149 Å². The third-order valence-electron chi connectivity index (χ3n) is 3.12. The molecule has 0 spiro atoms. The van der Waals surface area contributed by atoms with E-state index in [9.17, 15) is 9.59 Å². The van der Waals surface area contributed by atoms with Crippen LogP contribution in [-0.4, -0.2) is 24.1 Å². The number of anilines is 1. The lowest BCUT2D eigenvalue weighted by molar-refractivity contribution is -0.128. The molecule has 2 aromatic rings. The fourth-order valence-corrected chi connectivity index (χ4v) is 2.77. The van der Waals surface area contributed by atoms with Crippen LogP contribution >= 0.6 is 22.9 Å². The van der Waals surface area contributed by atoms with Gasteiger partial charge >= 0.3 is 5.97 Å². The van der Waals surface area contributed by atoms with E-state index in [1.807, 2.05) is 0 Å². The molecule has 7 heteroatoms. The molecule has 1 N–H and O–H groups in total. The van der Waals surface area contributed by atoms with E-state index in [0.717, 1.165) is 0 Å². The van der Waals surface area contributed by atoms with Crippen molar-refractivity contribution in [1.29, 1.82) is 0 Å². The van der Waals surface area contributed by atoms with Crippen molar-refractivity contribution in [3.8, 4) is 5.75 Å². The van der Waals surface area contributed by atoms with Gasteiger partial charge in [-0.25, -0.2) is 4.79 Å². The Morgan fingerprint density at radius 1 is 1.21 bits per heavy atom. The standard InChI is InChI=1S/C17H18ClNO4S/c1-4-22-15(20)13-9-10-24-14(13)19-16(21)17(2,3)23-12-7-5-11(18)6-8-12/h5-10H,4H2,1-3H3,(H,19,21). The number of halogens is 1. The highest BCUT2D eigenvalue weighted by Crippen LogP contribution is 2.27. The summed E-state index contributed by atoms with van der Waals surface area (Å²) < 4.78 is 10.7. The van der Waals surface area contributed by atoms with E-state index < -0.39 is 11.6 Å². The predicted molar refractivity (Wildman–Crippen MR) is 95.1 cm³/mol. The number of carbonyl (C=O) groups excluding carboxylic acids is 2. The highest BCUT2D eigenvalue weighted by Gasteiger charge is 2.31. The Hall–Kier alpha value is -2.05. The van der Waals surface area contributed by atoms with Gasteiger partial charge in [-0.15, -0.1) is 11.3 Å². The van der Waals surface area contributed by atoms with Gasteiger partial charge in [-0.1, -0.05) is 11.6 Å². The van der Waals surface area contributed by atoms with E-state index in [1.54, 1.807) is 56.5 Å². The molecule has 128 valence electrons. The van der Waals surface area contributed by atoms with Crippen LogP contribution in [0.25, 0.3) is 0 Å². The molecule has 0 saturated carbocycles. The maximum atomic E-state index is 12.5. The molecule has 0 aliphatic carbocycles. The second kappa shape index (κ2) is 7.68. The van der Waals surface area contributed by atoms with Crippen LogP contribution in [0.15, 0.2) is 35.7 Å². The van der Waals surface area contributed by atoms with E-state index in [0.29, 0.717) is 21.3 Å². The highest BCUT2D eigenvalue weighted by atomic mass is 35.5. The van der Waals surface area contributed by atoms with Gasteiger partial charge in [0.15, 0.2) is 5.60 Å². The first kappa shape index (κ1) is 18.3. The van der Waals surface area contributed by atoms with E-state index >= 15 is 0 Å². The number of amides is 1. The number of benzene rings is 1. The predicted octanol–water partition coefficient (Wildman–Crippen LogP) is 4.37. The molecule has 5 nitrogen and oxygen atoms in total. The first-order chi connectivity index (χ1) is 11.3. The number of nitrogens with one attached hydrogen (secondary N) is 1. The number of hydrogen-bond donors (Lipinski definition) is 1. The Morgan fingerprint density at radius 2 is 1.88 bits per heavy atom. The number of carbonyl (C=O) groups is 2. The minimum absolute atomic E-state index is 0.271. The summed E-state index contributed by atoms with van der Waals surface area (Å²) in [4.78, 5) is 24.4. The molecule has 0 saturated heterocycles. The van der Waals surface area contributed by atoms with Crippen molar-refractivity contribution >= 4 is 39.8 Å². The summed E-state index contributed by atoms with van der Waals surface area (Å²) >= 11 is 7.09. The molecular formula is C17H18ClNO4S. The number of rotatable bonds is 6.